The summed E-state index contributed by atoms with van der Waals surface area (Å²) in [6, 6.07) is 15.1. The zero-order valence-corrected chi connectivity index (χ0v) is 19.8. The van der Waals surface area contributed by atoms with Gasteiger partial charge in [-0.2, -0.15) is 14.1 Å². The number of aromatic nitrogens is 2. The van der Waals surface area contributed by atoms with Gasteiger partial charge in [0.25, 0.3) is 11.5 Å². The van der Waals surface area contributed by atoms with E-state index in [9.17, 15) is 22.8 Å². The highest BCUT2D eigenvalue weighted by atomic mass is 32.2. The number of hydrogen-bond donors (Lipinski definition) is 1. The number of amides is 1. The Labute approximate surface area is 202 Å². The van der Waals surface area contributed by atoms with Crippen LogP contribution in [0.2, 0.25) is 0 Å². The molecule has 182 valence electrons. The fourth-order valence-electron chi connectivity index (χ4n) is 3.71. The first-order valence-electron chi connectivity index (χ1n) is 11.1. The predicted octanol–water partition coefficient (Wildman–Crippen LogP) is 2.45. The van der Waals surface area contributed by atoms with Gasteiger partial charge >= 0.3 is 5.97 Å². The second kappa shape index (κ2) is 10.2. The van der Waals surface area contributed by atoms with Crippen molar-refractivity contribution in [3.05, 3.63) is 82.3 Å². The minimum atomic E-state index is -3.61. The number of ether oxygens (including phenoxy) is 1. The third-order valence-electron chi connectivity index (χ3n) is 5.47. The van der Waals surface area contributed by atoms with E-state index in [-0.39, 0.29) is 28.4 Å². The highest BCUT2D eigenvalue weighted by Crippen LogP contribution is 2.22. The van der Waals surface area contributed by atoms with E-state index in [1.165, 1.54) is 28.6 Å². The van der Waals surface area contributed by atoms with Crippen LogP contribution in [0.15, 0.2) is 70.4 Å². The largest absolute Gasteiger partial charge is 0.461 e. The lowest BCUT2D eigenvalue weighted by atomic mass is 10.2. The smallest absolute Gasteiger partial charge is 0.360 e. The number of esters is 1. The monoisotopic (exact) mass is 496 g/mol. The number of hydrogen-bond acceptors (Lipinski definition) is 7. The first kappa shape index (κ1) is 24.3. The summed E-state index contributed by atoms with van der Waals surface area (Å²) in [5.41, 5.74) is -0.328. The summed E-state index contributed by atoms with van der Waals surface area (Å²) in [5, 5.41) is 6.65. The van der Waals surface area contributed by atoms with E-state index in [1.54, 1.807) is 37.3 Å². The van der Waals surface area contributed by atoms with Crippen molar-refractivity contribution in [2.24, 2.45) is 0 Å². The van der Waals surface area contributed by atoms with Crippen molar-refractivity contribution < 1.29 is 22.7 Å². The Hall–Kier alpha value is -3.83. The van der Waals surface area contributed by atoms with E-state index in [1.807, 2.05) is 0 Å². The molecule has 3 aromatic rings. The molecule has 0 bridgehead atoms. The zero-order valence-electron chi connectivity index (χ0n) is 19.0. The molecule has 0 unspecified atom stereocenters. The number of anilines is 1. The Bertz CT molecular complexity index is 1400. The number of rotatable bonds is 7. The molecule has 11 heteroatoms. The van der Waals surface area contributed by atoms with E-state index in [4.69, 9.17) is 4.74 Å². The average molecular weight is 497 g/mol. The van der Waals surface area contributed by atoms with E-state index >= 15 is 0 Å². The van der Waals surface area contributed by atoms with Crippen LogP contribution < -0.4 is 10.9 Å². The number of carbonyl (C=O) groups excluding carboxylic acids is 2. The fourth-order valence-corrected chi connectivity index (χ4v) is 5.22. The molecule has 2 heterocycles. The van der Waals surface area contributed by atoms with Crippen LogP contribution in [0.1, 0.15) is 40.6 Å². The summed E-state index contributed by atoms with van der Waals surface area (Å²) in [6.45, 7) is 2.65. The Morgan fingerprint density at radius 2 is 1.69 bits per heavy atom. The van der Waals surface area contributed by atoms with Crippen molar-refractivity contribution in [3.63, 3.8) is 0 Å². The first-order valence-corrected chi connectivity index (χ1v) is 12.5. The highest BCUT2D eigenvalue weighted by Gasteiger charge is 2.27. The molecule has 2 aromatic carbocycles. The van der Waals surface area contributed by atoms with E-state index < -0.39 is 27.5 Å². The van der Waals surface area contributed by atoms with Crippen LogP contribution in [-0.2, 0) is 14.8 Å². The van der Waals surface area contributed by atoms with Crippen LogP contribution in [0.3, 0.4) is 0 Å². The Morgan fingerprint density at radius 3 is 2.31 bits per heavy atom. The second-order valence-electron chi connectivity index (χ2n) is 7.80. The summed E-state index contributed by atoms with van der Waals surface area (Å²) < 4.78 is 32.9. The fraction of sp³-hybridized carbons (Fsp3) is 0.250. The lowest BCUT2D eigenvalue weighted by Gasteiger charge is -2.15. The van der Waals surface area contributed by atoms with Crippen LogP contribution in [-0.4, -0.2) is 54.1 Å². The minimum Gasteiger partial charge on any atom is -0.461 e. The van der Waals surface area contributed by atoms with E-state index in [0.717, 1.165) is 23.6 Å². The summed E-state index contributed by atoms with van der Waals surface area (Å²) in [7, 11) is -3.61. The maximum atomic E-state index is 12.9. The normalized spacial score (nSPS) is 14.0. The van der Waals surface area contributed by atoms with Crippen molar-refractivity contribution in [1.82, 2.24) is 14.1 Å². The molecule has 1 aliphatic heterocycles. The van der Waals surface area contributed by atoms with Crippen LogP contribution in [0.25, 0.3) is 5.69 Å². The lowest BCUT2D eigenvalue weighted by Crippen LogP contribution is -2.28. The van der Waals surface area contributed by atoms with Gasteiger partial charge in [0.2, 0.25) is 10.0 Å². The van der Waals surface area contributed by atoms with Crippen molar-refractivity contribution in [2.45, 2.75) is 24.7 Å². The number of carbonyl (C=O) groups is 2. The van der Waals surface area contributed by atoms with Gasteiger partial charge in [-0.15, -0.1) is 0 Å². The van der Waals surface area contributed by atoms with Gasteiger partial charge in [0, 0.05) is 24.7 Å². The molecule has 1 amide bonds. The molecular formula is C24H24N4O6S. The second-order valence-corrected chi connectivity index (χ2v) is 9.74. The van der Waals surface area contributed by atoms with Gasteiger partial charge in [-0.05, 0) is 56.2 Å². The Kier molecular flexibility index (Phi) is 7.08. The number of sulfonamides is 1. The lowest BCUT2D eigenvalue weighted by molar-refractivity contribution is 0.0518. The van der Waals surface area contributed by atoms with Crippen molar-refractivity contribution >= 4 is 27.6 Å². The van der Waals surface area contributed by atoms with Crippen LogP contribution >= 0.6 is 0 Å². The SMILES string of the molecule is CCOC(=O)c1nn(-c2ccccc2)c(=O)cc1NC(=O)c1ccc(S(=O)(=O)N2CCCC2)cc1. The highest BCUT2D eigenvalue weighted by molar-refractivity contribution is 7.89. The maximum absolute atomic E-state index is 12.9. The predicted molar refractivity (Wildman–Crippen MR) is 128 cm³/mol. The summed E-state index contributed by atoms with van der Waals surface area (Å²) in [4.78, 5) is 38.2. The number of para-hydroxylation sites is 1. The van der Waals surface area contributed by atoms with Crippen LogP contribution in [0.5, 0.6) is 0 Å². The van der Waals surface area contributed by atoms with Crippen molar-refractivity contribution in [2.75, 3.05) is 25.0 Å². The molecule has 1 aliphatic rings. The van der Waals surface area contributed by atoms with Gasteiger partial charge in [-0.25, -0.2) is 13.2 Å². The van der Waals surface area contributed by atoms with Crippen molar-refractivity contribution in [1.29, 1.82) is 0 Å². The molecule has 10 nitrogen and oxygen atoms in total. The molecule has 0 spiro atoms. The molecule has 1 fully saturated rings. The Balaban J connectivity index is 1.62. The molecular weight excluding hydrogens is 472 g/mol. The molecule has 35 heavy (non-hydrogen) atoms. The van der Waals surface area contributed by atoms with Gasteiger partial charge in [-0.1, -0.05) is 18.2 Å². The number of nitrogens with zero attached hydrogens (tertiary/aromatic N) is 3. The van der Waals surface area contributed by atoms with Crippen molar-refractivity contribution in [3.8, 4) is 5.69 Å². The van der Waals surface area contributed by atoms with Gasteiger partial charge in [-0.3, -0.25) is 9.59 Å². The molecule has 0 aliphatic carbocycles. The maximum Gasteiger partial charge on any atom is 0.360 e. The first-order chi connectivity index (χ1) is 16.8. The molecule has 0 atom stereocenters. The quantitative estimate of drug-likeness (QED) is 0.498. The van der Waals surface area contributed by atoms with E-state index in [2.05, 4.69) is 10.4 Å². The number of nitrogens with one attached hydrogen (secondary N) is 1. The summed E-state index contributed by atoms with van der Waals surface area (Å²) in [6.07, 6.45) is 1.64. The molecule has 1 N–H and O–H groups in total. The van der Waals surface area contributed by atoms with Crippen LogP contribution in [0, 0.1) is 0 Å². The van der Waals surface area contributed by atoms with Gasteiger partial charge < -0.3 is 10.1 Å². The molecule has 1 saturated heterocycles. The van der Waals surface area contributed by atoms with Gasteiger partial charge in [0.1, 0.15) is 0 Å². The zero-order chi connectivity index (χ0) is 25.0. The third kappa shape index (κ3) is 5.15. The third-order valence-corrected chi connectivity index (χ3v) is 7.38. The number of benzene rings is 2. The van der Waals surface area contributed by atoms with E-state index in [0.29, 0.717) is 18.8 Å². The van der Waals surface area contributed by atoms with Gasteiger partial charge in [0.15, 0.2) is 5.69 Å². The average Bonchev–Trinajstić information content (AvgIpc) is 3.41. The molecule has 0 saturated carbocycles. The van der Waals surface area contributed by atoms with Gasteiger partial charge in [0.05, 0.1) is 22.9 Å². The Morgan fingerprint density at radius 1 is 1.03 bits per heavy atom. The molecule has 0 radical (unpaired) electrons. The topological polar surface area (TPSA) is 128 Å². The standard InChI is InChI=1S/C24H24N4O6S/c1-2-34-24(31)22-20(16-21(29)28(26-22)18-8-4-3-5-9-18)25-23(30)17-10-12-19(13-11-17)35(32,33)27-14-6-7-15-27/h3-5,8-13,16H,2,6-7,14-15H2,1H3,(H,25,30). The van der Waals surface area contributed by atoms with Crippen LogP contribution in [0.4, 0.5) is 5.69 Å². The molecule has 4 rings (SSSR count). The summed E-state index contributed by atoms with van der Waals surface area (Å²) in [5.74, 6) is -1.45. The summed E-state index contributed by atoms with van der Waals surface area (Å²) >= 11 is 0. The molecule has 1 aromatic heterocycles. The minimum absolute atomic E-state index is 0.0747.